The molecule has 24 heavy (non-hydrogen) atoms. The molecule has 0 spiro atoms. The van der Waals surface area contributed by atoms with Gasteiger partial charge in [0.2, 0.25) is 0 Å². The van der Waals surface area contributed by atoms with Crippen molar-refractivity contribution in [2.75, 3.05) is 33.3 Å². The number of alkyl halides is 3. The quantitative estimate of drug-likeness (QED) is 0.828. The molecule has 0 bridgehead atoms. The molecule has 0 aromatic heterocycles. The van der Waals surface area contributed by atoms with Crippen molar-refractivity contribution >= 4 is 24.8 Å². The third-order valence-electron chi connectivity index (χ3n) is 3.77. The van der Waals surface area contributed by atoms with Gasteiger partial charge in [0.1, 0.15) is 11.5 Å². The Morgan fingerprint density at radius 3 is 2.33 bits per heavy atom. The van der Waals surface area contributed by atoms with Crippen LogP contribution in [0.5, 0.6) is 11.5 Å². The standard InChI is InChI=1S/C15H21F3N2O2.2ClH/c1-3-13(20-8-6-19-7-9-20)12-10-11(22-15(16,17)18)4-5-14(12)21-2;;/h4-5,10,13,19H,3,6-9H2,1-2H3;2*1H/t13-;;/m0../s1. The summed E-state index contributed by atoms with van der Waals surface area (Å²) in [4.78, 5) is 2.26. The van der Waals surface area contributed by atoms with Crippen molar-refractivity contribution in [2.24, 2.45) is 0 Å². The zero-order valence-corrected chi connectivity index (χ0v) is 15.2. The molecule has 1 saturated heterocycles. The molecule has 1 fully saturated rings. The first-order chi connectivity index (χ1) is 10.4. The number of nitrogens with zero attached hydrogens (tertiary/aromatic N) is 1. The van der Waals surface area contributed by atoms with Crippen LogP contribution in [0.25, 0.3) is 0 Å². The van der Waals surface area contributed by atoms with Crippen LogP contribution in [0.2, 0.25) is 0 Å². The van der Waals surface area contributed by atoms with Crippen molar-refractivity contribution in [3.8, 4) is 11.5 Å². The van der Waals surface area contributed by atoms with Gasteiger partial charge in [0.15, 0.2) is 0 Å². The van der Waals surface area contributed by atoms with E-state index in [0.717, 1.165) is 38.2 Å². The van der Waals surface area contributed by atoms with Gasteiger partial charge in [-0.2, -0.15) is 0 Å². The Kier molecular flexibility index (Phi) is 9.80. The molecule has 1 aromatic rings. The second-order valence-electron chi connectivity index (χ2n) is 5.16. The van der Waals surface area contributed by atoms with Gasteiger partial charge in [-0.25, -0.2) is 0 Å². The Morgan fingerprint density at radius 1 is 1.21 bits per heavy atom. The third kappa shape index (κ3) is 6.20. The molecule has 140 valence electrons. The molecule has 1 N–H and O–H groups in total. The lowest BCUT2D eigenvalue weighted by atomic mass is 10.0. The molecule has 2 rings (SSSR count). The van der Waals surface area contributed by atoms with Crippen molar-refractivity contribution in [1.82, 2.24) is 10.2 Å². The van der Waals surface area contributed by atoms with Gasteiger partial charge in [0.25, 0.3) is 0 Å². The lowest BCUT2D eigenvalue weighted by Crippen LogP contribution is -2.45. The number of benzene rings is 1. The van der Waals surface area contributed by atoms with Gasteiger partial charge in [-0.1, -0.05) is 6.92 Å². The summed E-state index contributed by atoms with van der Waals surface area (Å²) < 4.78 is 46.6. The van der Waals surface area contributed by atoms with Crippen LogP contribution in [0.1, 0.15) is 24.9 Å². The first-order valence-corrected chi connectivity index (χ1v) is 7.33. The van der Waals surface area contributed by atoms with Gasteiger partial charge < -0.3 is 14.8 Å². The maximum Gasteiger partial charge on any atom is 0.573 e. The molecular formula is C15H23Cl2F3N2O2. The van der Waals surface area contributed by atoms with E-state index in [1.807, 2.05) is 6.92 Å². The number of rotatable bonds is 5. The summed E-state index contributed by atoms with van der Waals surface area (Å²) >= 11 is 0. The highest BCUT2D eigenvalue weighted by Gasteiger charge is 2.32. The van der Waals surface area contributed by atoms with E-state index >= 15 is 0 Å². The highest BCUT2D eigenvalue weighted by Crippen LogP contribution is 2.36. The average Bonchev–Trinajstić information content (AvgIpc) is 2.48. The largest absolute Gasteiger partial charge is 0.573 e. The van der Waals surface area contributed by atoms with Crippen LogP contribution < -0.4 is 14.8 Å². The minimum absolute atomic E-state index is 0. The second kappa shape index (κ2) is 10.2. The summed E-state index contributed by atoms with van der Waals surface area (Å²) in [5.74, 6) is 0.372. The van der Waals surface area contributed by atoms with Gasteiger partial charge in [0, 0.05) is 37.8 Å². The number of nitrogens with one attached hydrogen (secondary N) is 1. The average molecular weight is 391 g/mol. The van der Waals surface area contributed by atoms with Crippen molar-refractivity contribution in [2.45, 2.75) is 25.7 Å². The van der Waals surface area contributed by atoms with E-state index in [-0.39, 0.29) is 36.6 Å². The summed E-state index contributed by atoms with van der Waals surface area (Å²) in [6, 6.07) is 4.25. The zero-order valence-electron chi connectivity index (χ0n) is 13.6. The fourth-order valence-electron chi connectivity index (χ4n) is 2.84. The van der Waals surface area contributed by atoms with Gasteiger partial charge in [0.05, 0.1) is 7.11 Å². The molecule has 1 aliphatic rings. The van der Waals surface area contributed by atoms with E-state index in [9.17, 15) is 13.2 Å². The Hall–Kier alpha value is -0.890. The highest BCUT2D eigenvalue weighted by molar-refractivity contribution is 5.85. The number of halogens is 5. The number of hydrogen-bond acceptors (Lipinski definition) is 4. The molecular weight excluding hydrogens is 368 g/mol. The SMILES string of the molecule is CC[C@@H](c1cc(OC(F)(F)F)ccc1OC)N1CCNCC1.Cl.Cl. The smallest absolute Gasteiger partial charge is 0.496 e. The van der Waals surface area contributed by atoms with Crippen LogP contribution in [0.15, 0.2) is 18.2 Å². The molecule has 0 unspecified atom stereocenters. The van der Waals surface area contributed by atoms with Crippen LogP contribution in [0, 0.1) is 0 Å². The fraction of sp³-hybridized carbons (Fsp3) is 0.600. The lowest BCUT2D eigenvalue weighted by molar-refractivity contribution is -0.274. The topological polar surface area (TPSA) is 33.7 Å². The lowest BCUT2D eigenvalue weighted by Gasteiger charge is -2.35. The number of ether oxygens (including phenoxy) is 2. The van der Waals surface area contributed by atoms with Crippen molar-refractivity contribution < 1.29 is 22.6 Å². The summed E-state index contributed by atoms with van der Waals surface area (Å²) in [7, 11) is 1.52. The van der Waals surface area contributed by atoms with Crippen molar-refractivity contribution in [1.29, 1.82) is 0 Å². The van der Waals surface area contributed by atoms with Gasteiger partial charge in [-0.05, 0) is 24.6 Å². The molecule has 0 aliphatic carbocycles. The van der Waals surface area contributed by atoms with E-state index in [0.29, 0.717) is 5.75 Å². The molecule has 1 heterocycles. The van der Waals surface area contributed by atoms with E-state index in [1.54, 1.807) is 0 Å². The maximum atomic E-state index is 12.4. The Balaban J connectivity index is 0.00000264. The number of piperazine rings is 1. The Labute approximate surface area is 152 Å². The minimum Gasteiger partial charge on any atom is -0.496 e. The molecule has 1 aromatic carbocycles. The normalized spacial score (nSPS) is 16.5. The molecule has 0 saturated carbocycles. The van der Waals surface area contributed by atoms with Gasteiger partial charge >= 0.3 is 6.36 Å². The summed E-state index contributed by atoms with van der Waals surface area (Å²) in [6.45, 7) is 5.47. The van der Waals surface area contributed by atoms with Crippen molar-refractivity contribution in [3.63, 3.8) is 0 Å². The first-order valence-electron chi connectivity index (χ1n) is 7.33. The molecule has 0 radical (unpaired) electrons. The maximum absolute atomic E-state index is 12.4. The fourth-order valence-corrected chi connectivity index (χ4v) is 2.84. The Bertz CT molecular complexity index is 498. The van der Waals surface area contributed by atoms with E-state index < -0.39 is 6.36 Å². The Morgan fingerprint density at radius 2 is 1.83 bits per heavy atom. The second-order valence-corrected chi connectivity index (χ2v) is 5.16. The zero-order chi connectivity index (χ0) is 16.2. The first kappa shape index (κ1) is 23.1. The van der Waals surface area contributed by atoms with Crippen LogP contribution in [0.4, 0.5) is 13.2 Å². The van der Waals surface area contributed by atoms with Crippen LogP contribution in [0.3, 0.4) is 0 Å². The molecule has 4 nitrogen and oxygen atoms in total. The predicted molar refractivity (Wildman–Crippen MR) is 91.6 cm³/mol. The molecule has 9 heteroatoms. The van der Waals surface area contributed by atoms with E-state index in [1.165, 1.54) is 25.3 Å². The van der Waals surface area contributed by atoms with Crippen LogP contribution in [-0.4, -0.2) is 44.6 Å². The molecule has 0 amide bonds. The van der Waals surface area contributed by atoms with Crippen LogP contribution in [-0.2, 0) is 0 Å². The third-order valence-corrected chi connectivity index (χ3v) is 3.77. The van der Waals surface area contributed by atoms with E-state index in [4.69, 9.17) is 4.74 Å². The summed E-state index contributed by atoms with van der Waals surface area (Å²) in [5.41, 5.74) is 0.730. The highest BCUT2D eigenvalue weighted by atomic mass is 35.5. The molecule has 1 atom stereocenters. The summed E-state index contributed by atoms with van der Waals surface area (Å²) in [6.07, 6.45) is -3.91. The molecule has 1 aliphatic heterocycles. The number of hydrogen-bond donors (Lipinski definition) is 1. The van der Waals surface area contributed by atoms with Crippen molar-refractivity contribution in [3.05, 3.63) is 23.8 Å². The van der Waals surface area contributed by atoms with E-state index in [2.05, 4.69) is 15.0 Å². The minimum atomic E-state index is -4.69. The monoisotopic (exact) mass is 390 g/mol. The van der Waals surface area contributed by atoms with Crippen LogP contribution >= 0.6 is 24.8 Å². The number of methoxy groups -OCH3 is 1. The predicted octanol–water partition coefficient (Wildman–Crippen LogP) is 3.79. The van der Waals surface area contributed by atoms with Gasteiger partial charge in [-0.3, -0.25) is 4.90 Å². The summed E-state index contributed by atoms with van der Waals surface area (Å²) in [5, 5.41) is 3.27. The van der Waals surface area contributed by atoms with Gasteiger partial charge in [-0.15, -0.1) is 38.0 Å².